The van der Waals surface area contributed by atoms with Crippen LogP contribution in [-0.2, 0) is 0 Å². The van der Waals surface area contributed by atoms with Crippen LogP contribution in [0.3, 0.4) is 0 Å². The van der Waals surface area contributed by atoms with Crippen LogP contribution in [0.15, 0.2) is 114 Å². The summed E-state index contributed by atoms with van der Waals surface area (Å²) in [5.41, 5.74) is 3.04. The van der Waals surface area contributed by atoms with Gasteiger partial charge in [0.2, 0.25) is 23.0 Å². The van der Waals surface area contributed by atoms with Gasteiger partial charge in [-0.25, -0.2) is 0 Å². The lowest BCUT2D eigenvalue weighted by atomic mass is 9.81. The maximum Gasteiger partial charge on any atom is 0.204 e. The fourth-order valence-electron chi connectivity index (χ4n) is 7.45. The average Bonchev–Trinajstić information content (AvgIpc) is 3.55. The van der Waals surface area contributed by atoms with Gasteiger partial charge in [0.15, 0.2) is 23.0 Å². The van der Waals surface area contributed by atoms with E-state index in [4.69, 9.17) is 4.42 Å². The molecule has 0 fully saturated rings. The van der Waals surface area contributed by atoms with Crippen molar-refractivity contribution in [3.8, 4) is 79.4 Å². The second-order valence-corrected chi connectivity index (χ2v) is 12.4. The lowest BCUT2D eigenvalue weighted by molar-refractivity contribution is 0.350. The first-order valence-corrected chi connectivity index (χ1v) is 15.9. The van der Waals surface area contributed by atoms with Gasteiger partial charge in [-0.3, -0.25) is 0 Å². The van der Waals surface area contributed by atoms with Crippen LogP contribution in [0.1, 0.15) is 0 Å². The van der Waals surface area contributed by atoms with Gasteiger partial charge in [-0.05, 0) is 51.2 Å². The number of furan rings is 1. The molecule has 0 aliphatic rings. The van der Waals surface area contributed by atoms with Crippen LogP contribution in [0.25, 0.3) is 87.6 Å². The second-order valence-electron chi connectivity index (χ2n) is 12.4. The van der Waals surface area contributed by atoms with Gasteiger partial charge >= 0.3 is 0 Å². The van der Waals surface area contributed by atoms with Crippen molar-refractivity contribution < 1.29 is 45.3 Å². The van der Waals surface area contributed by atoms with Gasteiger partial charge in [-0.2, -0.15) is 0 Å². The Morgan fingerprint density at radius 2 is 0.843 bits per heavy atom. The highest BCUT2D eigenvalue weighted by Gasteiger charge is 2.33. The van der Waals surface area contributed by atoms with Gasteiger partial charge in [-0.15, -0.1) is 0 Å². The third kappa shape index (κ3) is 4.03. The summed E-state index contributed by atoms with van der Waals surface area (Å²) >= 11 is 0. The fourth-order valence-corrected chi connectivity index (χ4v) is 7.45. The Morgan fingerprint density at radius 3 is 1.47 bits per heavy atom. The number of hydrogen-bond acceptors (Lipinski definition) is 9. The molecule has 0 radical (unpaired) electrons. The smallest absolute Gasteiger partial charge is 0.204 e. The molecule has 0 atom stereocenters. The summed E-state index contributed by atoms with van der Waals surface area (Å²) in [6.07, 6.45) is 0. The van der Waals surface area contributed by atoms with Gasteiger partial charge in [0.05, 0.1) is 0 Å². The van der Waals surface area contributed by atoms with Gasteiger partial charge < -0.3 is 45.3 Å². The van der Waals surface area contributed by atoms with Crippen LogP contribution >= 0.6 is 0 Å². The molecule has 0 unspecified atom stereocenters. The number of hydrogen-bond donors (Lipinski definition) is 8. The number of phenolic OH excluding ortho intramolecular Hbond substituents is 8. The number of aromatic hydroxyl groups is 8. The molecule has 9 nitrogen and oxygen atoms in total. The minimum Gasteiger partial charge on any atom is -0.504 e. The zero-order valence-electron chi connectivity index (χ0n) is 26.4. The molecule has 9 heteroatoms. The molecule has 1 heterocycles. The molecule has 8 N–H and O–H groups in total. The Kier molecular flexibility index (Phi) is 6.21. The highest BCUT2D eigenvalue weighted by molar-refractivity contribution is 6.30. The van der Waals surface area contributed by atoms with Crippen LogP contribution in [0, 0.1) is 0 Å². The van der Waals surface area contributed by atoms with Gasteiger partial charge in [0.1, 0.15) is 11.2 Å². The van der Waals surface area contributed by atoms with E-state index in [-0.39, 0.29) is 32.7 Å². The Balaban J connectivity index is 1.54. The molecule has 0 bridgehead atoms. The molecular weight excluding hydrogens is 648 g/mol. The molecule has 9 rings (SSSR count). The molecule has 51 heavy (non-hydrogen) atoms. The zero-order valence-corrected chi connectivity index (χ0v) is 26.4. The van der Waals surface area contributed by atoms with Gasteiger partial charge in [0, 0.05) is 43.4 Å². The lowest BCUT2D eigenvalue weighted by Crippen LogP contribution is -1.95. The predicted molar refractivity (Wildman–Crippen MR) is 196 cm³/mol. The average molecular weight is 675 g/mol. The summed E-state index contributed by atoms with van der Waals surface area (Å²) in [4.78, 5) is 0. The van der Waals surface area contributed by atoms with E-state index in [2.05, 4.69) is 0 Å². The quantitative estimate of drug-likeness (QED) is 0.0515. The highest BCUT2D eigenvalue weighted by atomic mass is 16.4. The summed E-state index contributed by atoms with van der Waals surface area (Å²) < 4.78 is 6.19. The highest BCUT2D eigenvalue weighted by Crippen LogP contribution is 2.62. The van der Waals surface area contributed by atoms with Crippen LogP contribution in [0.2, 0.25) is 0 Å². The zero-order chi connectivity index (χ0) is 35.3. The number of phenols is 8. The van der Waals surface area contributed by atoms with E-state index >= 15 is 0 Å². The molecule has 248 valence electrons. The van der Waals surface area contributed by atoms with Crippen molar-refractivity contribution in [3.63, 3.8) is 0 Å². The van der Waals surface area contributed by atoms with Crippen molar-refractivity contribution in [2.45, 2.75) is 0 Å². The largest absolute Gasteiger partial charge is 0.504 e. The second kappa shape index (κ2) is 10.6. The SMILES string of the molecule is Oc1c(O)c(O)c2c(-c3ccccc3-c3ccccc3)c3c(O)c(O)c(O)c(O)c3c(-c3ccc4oc5ccc6ccccc6c5c4c3)c2c1O. The molecule has 0 aliphatic carbocycles. The van der Waals surface area contributed by atoms with E-state index in [0.717, 1.165) is 21.7 Å². The number of rotatable bonds is 3. The Labute approximate surface area is 287 Å². The predicted octanol–water partition coefficient (Wildman–Crippen LogP) is 9.69. The summed E-state index contributed by atoms with van der Waals surface area (Å²) in [6, 6.07) is 32.7. The van der Waals surface area contributed by atoms with E-state index in [9.17, 15) is 40.9 Å². The summed E-state index contributed by atoms with van der Waals surface area (Å²) in [5, 5.41) is 93.1. The third-order valence-electron chi connectivity index (χ3n) is 9.72. The van der Waals surface area contributed by atoms with Crippen LogP contribution < -0.4 is 0 Å². The first-order chi connectivity index (χ1) is 24.7. The number of fused-ring (bicyclic) bond motifs is 7. The normalized spacial score (nSPS) is 11.8. The molecule has 1 aromatic heterocycles. The molecule has 8 aromatic carbocycles. The van der Waals surface area contributed by atoms with Crippen LogP contribution in [0.4, 0.5) is 0 Å². The molecule has 9 aromatic rings. The van der Waals surface area contributed by atoms with Crippen LogP contribution in [-0.4, -0.2) is 40.9 Å². The van der Waals surface area contributed by atoms with Crippen molar-refractivity contribution >= 4 is 54.3 Å². The third-order valence-corrected chi connectivity index (χ3v) is 9.72. The Morgan fingerprint density at radius 1 is 0.333 bits per heavy atom. The maximum atomic E-state index is 11.7. The van der Waals surface area contributed by atoms with E-state index in [1.807, 2.05) is 66.7 Å². The van der Waals surface area contributed by atoms with E-state index in [0.29, 0.717) is 33.2 Å². The standard InChI is InChI=1S/C42H26O9/c43-35-31-28(21-15-16-26-25(18-21)29-23-12-5-4-10-20(23)14-17-27(29)51-26)32-34(38(46)42(50)40(48)36(32)44)30(33(31)37(45)41(49)39(35)47)24-13-7-6-11-22(24)19-8-2-1-3-9-19/h1-18,43-50H. The van der Waals surface area contributed by atoms with Gasteiger partial charge in [-0.1, -0.05) is 91.0 Å². The van der Waals surface area contributed by atoms with Crippen LogP contribution in [0.5, 0.6) is 46.0 Å². The minimum atomic E-state index is -1.03. The minimum absolute atomic E-state index is 0.0183. The first kappa shape index (κ1) is 29.8. The van der Waals surface area contributed by atoms with E-state index in [1.165, 1.54) is 0 Å². The molecule has 0 aliphatic heterocycles. The van der Waals surface area contributed by atoms with Crippen molar-refractivity contribution in [2.24, 2.45) is 0 Å². The van der Waals surface area contributed by atoms with Crippen molar-refractivity contribution in [2.75, 3.05) is 0 Å². The maximum absolute atomic E-state index is 11.7. The van der Waals surface area contributed by atoms with Crippen molar-refractivity contribution in [3.05, 3.63) is 109 Å². The van der Waals surface area contributed by atoms with Crippen molar-refractivity contribution in [1.29, 1.82) is 0 Å². The number of benzene rings is 8. The summed E-state index contributed by atoms with van der Waals surface area (Å²) in [5.74, 6) is -7.49. The Bertz CT molecular complexity index is 2860. The topological polar surface area (TPSA) is 175 Å². The molecule has 0 spiro atoms. The molecular formula is C42H26O9. The Hall–Kier alpha value is -7.26. The lowest BCUT2D eigenvalue weighted by Gasteiger charge is -2.23. The molecule has 0 amide bonds. The first-order valence-electron chi connectivity index (χ1n) is 15.9. The molecule has 0 saturated heterocycles. The van der Waals surface area contributed by atoms with E-state index < -0.39 is 46.0 Å². The van der Waals surface area contributed by atoms with E-state index in [1.54, 1.807) is 42.5 Å². The van der Waals surface area contributed by atoms with Crippen molar-refractivity contribution in [1.82, 2.24) is 0 Å². The van der Waals surface area contributed by atoms with Gasteiger partial charge in [0.25, 0.3) is 0 Å². The summed E-state index contributed by atoms with van der Waals surface area (Å²) in [6.45, 7) is 0. The fraction of sp³-hybridized carbons (Fsp3) is 0. The monoisotopic (exact) mass is 674 g/mol. The summed E-state index contributed by atoms with van der Waals surface area (Å²) in [7, 11) is 0. The molecule has 0 saturated carbocycles.